The zero-order valence-corrected chi connectivity index (χ0v) is 15.4. The number of para-hydroxylation sites is 1. The van der Waals surface area contributed by atoms with Gasteiger partial charge in [-0.25, -0.2) is 0 Å². The molecule has 0 aliphatic heterocycles. The molecule has 1 aromatic heterocycles. The number of nitrogens with zero attached hydrogens (tertiary/aromatic N) is 1. The Balaban J connectivity index is 2.00. The lowest BCUT2D eigenvalue weighted by molar-refractivity contribution is 0.104. The summed E-state index contributed by atoms with van der Waals surface area (Å²) in [6.45, 7) is 3.17. The molecule has 0 radical (unpaired) electrons. The van der Waals surface area contributed by atoms with Crippen molar-refractivity contribution < 1.29 is 4.79 Å². The number of benzene rings is 2. The van der Waals surface area contributed by atoms with Gasteiger partial charge in [0.2, 0.25) is 0 Å². The number of aromatic nitrogens is 1. The predicted octanol–water partition coefficient (Wildman–Crippen LogP) is 5.67. The molecule has 118 valence electrons. The van der Waals surface area contributed by atoms with Gasteiger partial charge in [0.15, 0.2) is 5.78 Å². The highest BCUT2D eigenvalue weighted by atomic mass is 127. The van der Waals surface area contributed by atoms with Crippen LogP contribution >= 0.6 is 22.6 Å². The molecule has 23 heavy (non-hydrogen) atoms. The predicted molar refractivity (Wildman–Crippen MR) is 104 cm³/mol. The van der Waals surface area contributed by atoms with Crippen LogP contribution in [0, 0.1) is 3.57 Å². The zero-order valence-electron chi connectivity index (χ0n) is 13.3. The fourth-order valence-electron chi connectivity index (χ4n) is 2.90. The number of fused-ring (bicyclic) bond motifs is 1. The Labute approximate surface area is 150 Å². The molecule has 0 amide bonds. The monoisotopic (exact) mass is 417 g/mol. The summed E-state index contributed by atoms with van der Waals surface area (Å²) in [5.74, 6) is 0.104. The van der Waals surface area contributed by atoms with Crippen molar-refractivity contribution in [1.82, 2.24) is 4.57 Å². The fourth-order valence-corrected chi connectivity index (χ4v) is 3.26. The first-order valence-electron chi connectivity index (χ1n) is 8.09. The van der Waals surface area contributed by atoms with Crippen molar-refractivity contribution in [2.45, 2.75) is 32.7 Å². The van der Waals surface area contributed by atoms with Gasteiger partial charge in [0, 0.05) is 38.3 Å². The number of ketones is 1. The highest BCUT2D eigenvalue weighted by Gasteiger charge is 2.16. The normalized spacial score (nSPS) is 11.0. The van der Waals surface area contributed by atoms with Gasteiger partial charge in [0.25, 0.3) is 0 Å². The summed E-state index contributed by atoms with van der Waals surface area (Å²) >= 11 is 2.26. The van der Waals surface area contributed by atoms with E-state index in [1.807, 2.05) is 48.7 Å². The molecule has 2 aromatic carbocycles. The van der Waals surface area contributed by atoms with Crippen LogP contribution in [-0.2, 0) is 6.54 Å². The van der Waals surface area contributed by atoms with Crippen LogP contribution in [0.25, 0.3) is 10.9 Å². The minimum Gasteiger partial charge on any atom is -0.347 e. The molecule has 0 spiro atoms. The maximum Gasteiger partial charge on any atom is 0.195 e. The summed E-state index contributed by atoms with van der Waals surface area (Å²) in [5, 5.41) is 1.05. The van der Waals surface area contributed by atoms with Gasteiger partial charge in [-0.15, -0.1) is 0 Å². The molecule has 1 heterocycles. The van der Waals surface area contributed by atoms with E-state index in [4.69, 9.17) is 0 Å². The van der Waals surface area contributed by atoms with Crippen LogP contribution in [0.5, 0.6) is 0 Å². The van der Waals surface area contributed by atoms with Gasteiger partial charge in [-0.05, 0) is 59.3 Å². The molecule has 0 bridgehead atoms. The molecular weight excluding hydrogens is 397 g/mol. The summed E-state index contributed by atoms with van der Waals surface area (Å²) in [4.78, 5) is 12.9. The summed E-state index contributed by atoms with van der Waals surface area (Å²) < 4.78 is 3.37. The van der Waals surface area contributed by atoms with Crippen molar-refractivity contribution in [3.05, 3.63) is 69.4 Å². The number of hydrogen-bond donors (Lipinski definition) is 0. The molecule has 0 N–H and O–H groups in total. The number of aryl methyl sites for hydroxylation is 1. The number of carbonyl (C=O) groups excluding carboxylic acids is 1. The second kappa shape index (κ2) is 7.30. The van der Waals surface area contributed by atoms with Crippen LogP contribution in [0.2, 0.25) is 0 Å². The molecule has 0 fully saturated rings. The Morgan fingerprint density at radius 3 is 2.52 bits per heavy atom. The minimum absolute atomic E-state index is 0.104. The third-order valence-corrected chi connectivity index (χ3v) is 4.86. The molecular formula is C20H20INO. The Bertz CT molecular complexity index is 817. The zero-order chi connectivity index (χ0) is 16.2. The van der Waals surface area contributed by atoms with Gasteiger partial charge >= 0.3 is 0 Å². The van der Waals surface area contributed by atoms with Crippen LogP contribution in [0.3, 0.4) is 0 Å². The smallest absolute Gasteiger partial charge is 0.195 e. The van der Waals surface area contributed by atoms with E-state index in [0.29, 0.717) is 0 Å². The first-order valence-corrected chi connectivity index (χ1v) is 9.16. The van der Waals surface area contributed by atoms with Crippen LogP contribution in [0.1, 0.15) is 42.1 Å². The van der Waals surface area contributed by atoms with Gasteiger partial charge in [-0.2, -0.15) is 0 Å². The fraction of sp³-hybridized carbons (Fsp3) is 0.250. The van der Waals surface area contributed by atoms with E-state index in [0.717, 1.165) is 38.6 Å². The van der Waals surface area contributed by atoms with Crippen molar-refractivity contribution in [2.75, 3.05) is 0 Å². The molecule has 0 saturated heterocycles. The van der Waals surface area contributed by atoms with Crippen LogP contribution in [0.15, 0.2) is 54.7 Å². The van der Waals surface area contributed by atoms with E-state index >= 15 is 0 Å². The molecule has 3 aromatic rings. The largest absolute Gasteiger partial charge is 0.347 e. The molecule has 3 rings (SSSR count). The maximum atomic E-state index is 12.9. The molecule has 3 heteroatoms. The number of hydrogen-bond acceptors (Lipinski definition) is 1. The van der Waals surface area contributed by atoms with Crippen molar-refractivity contribution in [1.29, 1.82) is 0 Å². The van der Waals surface area contributed by atoms with Gasteiger partial charge < -0.3 is 4.57 Å². The summed E-state index contributed by atoms with van der Waals surface area (Å²) in [5.41, 5.74) is 2.71. The Kier molecular flexibility index (Phi) is 5.16. The van der Waals surface area contributed by atoms with Gasteiger partial charge in [0.1, 0.15) is 0 Å². The molecule has 2 nitrogen and oxygen atoms in total. The standard InChI is InChI=1S/C20H20INO/c1-2-3-6-13-22-14-18(17-7-4-5-8-19(17)22)20(23)15-9-11-16(21)12-10-15/h4-5,7-12,14H,2-3,6,13H2,1H3. The van der Waals surface area contributed by atoms with Crippen molar-refractivity contribution in [3.63, 3.8) is 0 Å². The Morgan fingerprint density at radius 1 is 1.04 bits per heavy atom. The van der Waals surface area contributed by atoms with E-state index in [1.165, 1.54) is 12.8 Å². The average molecular weight is 417 g/mol. The number of unbranched alkanes of at least 4 members (excludes halogenated alkanes) is 2. The van der Waals surface area contributed by atoms with Gasteiger partial charge in [0.05, 0.1) is 0 Å². The third kappa shape index (κ3) is 3.50. The summed E-state index contributed by atoms with van der Waals surface area (Å²) in [6.07, 6.45) is 5.59. The van der Waals surface area contributed by atoms with E-state index in [2.05, 4.69) is 40.1 Å². The first kappa shape index (κ1) is 16.2. The highest BCUT2D eigenvalue weighted by Crippen LogP contribution is 2.24. The SMILES string of the molecule is CCCCCn1cc(C(=O)c2ccc(I)cc2)c2ccccc21. The van der Waals surface area contributed by atoms with Crippen LogP contribution in [-0.4, -0.2) is 10.4 Å². The maximum absolute atomic E-state index is 12.9. The van der Waals surface area contributed by atoms with E-state index < -0.39 is 0 Å². The van der Waals surface area contributed by atoms with Crippen molar-refractivity contribution in [3.8, 4) is 0 Å². The number of halogens is 1. The second-order valence-corrected chi connectivity index (χ2v) is 7.04. The highest BCUT2D eigenvalue weighted by molar-refractivity contribution is 14.1. The lowest BCUT2D eigenvalue weighted by atomic mass is 10.0. The van der Waals surface area contributed by atoms with Crippen molar-refractivity contribution in [2.24, 2.45) is 0 Å². The number of rotatable bonds is 6. The van der Waals surface area contributed by atoms with Gasteiger partial charge in [-0.1, -0.05) is 38.0 Å². The average Bonchev–Trinajstić information content (AvgIpc) is 2.94. The third-order valence-electron chi connectivity index (χ3n) is 4.14. The van der Waals surface area contributed by atoms with E-state index in [-0.39, 0.29) is 5.78 Å². The minimum atomic E-state index is 0.104. The molecule has 0 saturated carbocycles. The van der Waals surface area contributed by atoms with E-state index in [9.17, 15) is 4.79 Å². The lowest BCUT2D eigenvalue weighted by Gasteiger charge is -2.03. The quantitative estimate of drug-likeness (QED) is 0.288. The molecule has 0 aliphatic rings. The topological polar surface area (TPSA) is 22.0 Å². The molecule has 0 atom stereocenters. The molecule has 0 aliphatic carbocycles. The first-order chi connectivity index (χ1) is 11.2. The van der Waals surface area contributed by atoms with Gasteiger partial charge in [-0.3, -0.25) is 4.79 Å². The van der Waals surface area contributed by atoms with Crippen LogP contribution in [0.4, 0.5) is 0 Å². The summed E-state index contributed by atoms with van der Waals surface area (Å²) in [6, 6.07) is 16.0. The number of carbonyl (C=O) groups is 1. The second-order valence-electron chi connectivity index (χ2n) is 5.80. The van der Waals surface area contributed by atoms with Crippen molar-refractivity contribution >= 4 is 39.3 Å². The van der Waals surface area contributed by atoms with E-state index in [1.54, 1.807) is 0 Å². The summed E-state index contributed by atoms with van der Waals surface area (Å²) in [7, 11) is 0. The Hall–Kier alpha value is -1.62. The van der Waals surface area contributed by atoms with Crippen LogP contribution < -0.4 is 0 Å². The Morgan fingerprint density at radius 2 is 1.78 bits per heavy atom. The molecule has 0 unspecified atom stereocenters. The lowest BCUT2D eigenvalue weighted by Crippen LogP contribution is -2.01.